The average molecular weight is 375 g/mol. The summed E-state index contributed by atoms with van der Waals surface area (Å²) in [4.78, 5) is 0.309. The Morgan fingerprint density at radius 3 is 2.57 bits per heavy atom. The van der Waals surface area contributed by atoms with Gasteiger partial charge in [0.2, 0.25) is 10.0 Å². The van der Waals surface area contributed by atoms with Crippen LogP contribution in [-0.4, -0.2) is 21.0 Å². The molecule has 0 heterocycles. The zero-order valence-electron chi connectivity index (χ0n) is 12.7. The minimum Gasteiger partial charge on any atom is -0.310 e. The van der Waals surface area contributed by atoms with Crippen LogP contribution in [0, 0.1) is 11.8 Å². The van der Waals surface area contributed by atoms with Crippen molar-refractivity contribution in [1.29, 1.82) is 0 Å². The number of rotatable bonds is 7. The van der Waals surface area contributed by atoms with E-state index in [0.29, 0.717) is 33.8 Å². The van der Waals surface area contributed by atoms with Gasteiger partial charge in [-0.3, -0.25) is 0 Å². The number of nitrogens with one attached hydrogen (secondary N) is 2. The lowest BCUT2D eigenvalue weighted by atomic mass is 10.2. The van der Waals surface area contributed by atoms with Gasteiger partial charge in [-0.15, -0.1) is 0 Å². The molecule has 1 aromatic carbocycles. The van der Waals surface area contributed by atoms with Crippen LogP contribution < -0.4 is 10.0 Å². The van der Waals surface area contributed by atoms with Gasteiger partial charge >= 0.3 is 0 Å². The first-order chi connectivity index (χ1) is 9.79. The Morgan fingerprint density at radius 2 is 2.05 bits per heavy atom. The minimum absolute atomic E-state index is 0.309. The standard InChI is InChI=1S/C15H23BrN2O2S/c1-10(2)17-8-12-4-5-15(14(16)7-12)21(19,20)18-9-13-6-11(13)3/h4-5,7,10-11,13,17-18H,6,8-9H2,1-3H3. The molecule has 1 aliphatic rings. The lowest BCUT2D eigenvalue weighted by molar-refractivity contribution is 0.573. The second kappa shape index (κ2) is 6.77. The third kappa shape index (κ3) is 4.77. The summed E-state index contributed by atoms with van der Waals surface area (Å²) in [5, 5.41) is 3.31. The first-order valence-electron chi connectivity index (χ1n) is 7.31. The molecule has 1 saturated carbocycles. The zero-order valence-corrected chi connectivity index (χ0v) is 15.1. The summed E-state index contributed by atoms with van der Waals surface area (Å²) >= 11 is 3.38. The maximum absolute atomic E-state index is 12.3. The van der Waals surface area contributed by atoms with E-state index in [1.807, 2.05) is 12.1 Å². The molecule has 0 spiro atoms. The van der Waals surface area contributed by atoms with Crippen LogP contribution in [0.5, 0.6) is 0 Å². The molecule has 21 heavy (non-hydrogen) atoms. The van der Waals surface area contributed by atoms with E-state index in [2.05, 4.69) is 46.7 Å². The highest BCUT2D eigenvalue weighted by Gasteiger charge is 2.33. The second-order valence-corrected chi connectivity index (χ2v) is 8.72. The van der Waals surface area contributed by atoms with E-state index < -0.39 is 10.0 Å². The van der Waals surface area contributed by atoms with Crippen LogP contribution in [0.25, 0.3) is 0 Å². The Morgan fingerprint density at radius 1 is 1.38 bits per heavy atom. The van der Waals surface area contributed by atoms with E-state index in [1.54, 1.807) is 6.07 Å². The molecule has 1 fully saturated rings. The van der Waals surface area contributed by atoms with Crippen molar-refractivity contribution < 1.29 is 8.42 Å². The Balaban J connectivity index is 2.04. The fraction of sp³-hybridized carbons (Fsp3) is 0.600. The maximum Gasteiger partial charge on any atom is 0.241 e. The van der Waals surface area contributed by atoms with Gasteiger partial charge in [-0.2, -0.15) is 0 Å². The predicted molar refractivity (Wildman–Crippen MR) is 88.6 cm³/mol. The van der Waals surface area contributed by atoms with Gasteiger partial charge in [0.25, 0.3) is 0 Å². The fourth-order valence-electron chi connectivity index (χ4n) is 2.17. The molecule has 0 aromatic heterocycles. The Bertz CT molecular complexity index is 602. The van der Waals surface area contributed by atoms with Gasteiger partial charge in [0, 0.05) is 23.6 Å². The van der Waals surface area contributed by atoms with Gasteiger partial charge in [-0.05, 0) is 51.9 Å². The van der Waals surface area contributed by atoms with Crippen LogP contribution in [0.2, 0.25) is 0 Å². The molecule has 0 radical (unpaired) electrons. The van der Waals surface area contributed by atoms with Gasteiger partial charge in [0.05, 0.1) is 4.90 Å². The van der Waals surface area contributed by atoms with E-state index in [-0.39, 0.29) is 0 Å². The molecule has 1 aromatic rings. The van der Waals surface area contributed by atoms with Gasteiger partial charge in [0.15, 0.2) is 0 Å². The molecule has 0 saturated heterocycles. The number of hydrogen-bond acceptors (Lipinski definition) is 3. The topological polar surface area (TPSA) is 58.2 Å². The summed E-state index contributed by atoms with van der Waals surface area (Å²) in [6, 6.07) is 5.78. The number of benzene rings is 1. The molecule has 4 nitrogen and oxygen atoms in total. The smallest absolute Gasteiger partial charge is 0.241 e. The van der Waals surface area contributed by atoms with Crippen LogP contribution in [0.1, 0.15) is 32.8 Å². The van der Waals surface area contributed by atoms with Gasteiger partial charge in [-0.1, -0.05) is 26.8 Å². The van der Waals surface area contributed by atoms with Crippen LogP contribution in [0.4, 0.5) is 0 Å². The quantitative estimate of drug-likeness (QED) is 0.771. The molecular weight excluding hydrogens is 352 g/mol. The van der Waals surface area contributed by atoms with Crippen molar-refractivity contribution in [2.45, 2.75) is 44.7 Å². The van der Waals surface area contributed by atoms with Crippen molar-refractivity contribution in [1.82, 2.24) is 10.0 Å². The van der Waals surface area contributed by atoms with E-state index >= 15 is 0 Å². The Hall–Kier alpha value is -0.430. The summed E-state index contributed by atoms with van der Waals surface area (Å²) < 4.78 is 27.9. The summed E-state index contributed by atoms with van der Waals surface area (Å²) in [6.45, 7) is 7.56. The van der Waals surface area contributed by atoms with E-state index in [9.17, 15) is 8.42 Å². The molecule has 2 rings (SSSR count). The van der Waals surface area contributed by atoms with E-state index in [4.69, 9.17) is 0 Å². The summed E-state index contributed by atoms with van der Waals surface area (Å²) in [5.41, 5.74) is 1.06. The van der Waals surface area contributed by atoms with Crippen molar-refractivity contribution in [3.05, 3.63) is 28.2 Å². The molecule has 0 bridgehead atoms. The van der Waals surface area contributed by atoms with Gasteiger partial charge in [-0.25, -0.2) is 13.1 Å². The SMILES string of the molecule is CC(C)NCc1ccc(S(=O)(=O)NCC2CC2C)c(Br)c1. The number of sulfonamides is 1. The lowest BCUT2D eigenvalue weighted by Crippen LogP contribution is -2.26. The molecular formula is C15H23BrN2O2S. The van der Waals surface area contributed by atoms with Crippen molar-refractivity contribution in [2.24, 2.45) is 11.8 Å². The van der Waals surface area contributed by atoms with Crippen molar-refractivity contribution in [2.75, 3.05) is 6.54 Å². The minimum atomic E-state index is -3.43. The highest BCUT2D eigenvalue weighted by molar-refractivity contribution is 9.10. The molecule has 2 N–H and O–H groups in total. The van der Waals surface area contributed by atoms with Gasteiger partial charge in [0.1, 0.15) is 0 Å². The van der Waals surface area contributed by atoms with Crippen LogP contribution in [0.3, 0.4) is 0 Å². The number of halogens is 1. The average Bonchev–Trinajstić information content (AvgIpc) is 3.10. The molecule has 2 unspecified atom stereocenters. The summed E-state index contributed by atoms with van der Waals surface area (Å²) in [7, 11) is -3.43. The highest BCUT2D eigenvalue weighted by Crippen LogP contribution is 2.37. The fourth-order valence-corrected chi connectivity index (χ4v) is 4.39. The largest absolute Gasteiger partial charge is 0.310 e. The third-order valence-corrected chi connectivity index (χ3v) is 6.21. The van der Waals surface area contributed by atoms with Crippen molar-refractivity contribution in [3.63, 3.8) is 0 Å². The zero-order chi connectivity index (χ0) is 15.6. The maximum atomic E-state index is 12.3. The summed E-state index contributed by atoms with van der Waals surface area (Å²) in [5.74, 6) is 1.13. The predicted octanol–water partition coefficient (Wildman–Crippen LogP) is 2.88. The molecule has 6 heteroatoms. The normalized spacial score (nSPS) is 21.8. The highest BCUT2D eigenvalue weighted by atomic mass is 79.9. The van der Waals surface area contributed by atoms with Crippen LogP contribution in [-0.2, 0) is 16.6 Å². The van der Waals surface area contributed by atoms with Gasteiger partial charge < -0.3 is 5.32 Å². The molecule has 1 aliphatic carbocycles. The molecule has 0 amide bonds. The molecule has 118 valence electrons. The number of hydrogen-bond donors (Lipinski definition) is 2. The summed E-state index contributed by atoms with van der Waals surface area (Å²) in [6.07, 6.45) is 1.11. The van der Waals surface area contributed by atoms with Crippen molar-refractivity contribution in [3.8, 4) is 0 Å². The molecule has 2 atom stereocenters. The Labute approximate surface area is 135 Å². The van der Waals surface area contributed by atoms with Crippen LogP contribution in [0.15, 0.2) is 27.6 Å². The first-order valence-corrected chi connectivity index (χ1v) is 9.58. The lowest BCUT2D eigenvalue weighted by Gasteiger charge is -2.11. The first kappa shape index (κ1) is 16.9. The monoisotopic (exact) mass is 374 g/mol. The molecule has 0 aliphatic heterocycles. The van der Waals surface area contributed by atoms with Crippen molar-refractivity contribution >= 4 is 26.0 Å². The third-order valence-electron chi connectivity index (χ3n) is 3.81. The second-order valence-electron chi connectivity index (χ2n) is 6.13. The Kier molecular flexibility index (Phi) is 5.46. The van der Waals surface area contributed by atoms with E-state index in [0.717, 1.165) is 18.5 Å². The van der Waals surface area contributed by atoms with E-state index in [1.165, 1.54) is 0 Å². The van der Waals surface area contributed by atoms with Crippen LogP contribution >= 0.6 is 15.9 Å².